The summed E-state index contributed by atoms with van der Waals surface area (Å²) >= 11 is 1.67. The van der Waals surface area contributed by atoms with Gasteiger partial charge in [-0.1, -0.05) is 43.2 Å². The first-order chi connectivity index (χ1) is 12.2. The van der Waals surface area contributed by atoms with E-state index in [1.54, 1.807) is 11.3 Å². The minimum Gasteiger partial charge on any atom is -0.385 e. The molecule has 2 aromatic rings. The molecule has 0 spiro atoms. The van der Waals surface area contributed by atoms with Gasteiger partial charge in [-0.25, -0.2) is 4.98 Å². The number of likely N-dealkylation sites (tertiary alicyclic amines) is 1. The number of aliphatic hydroxyl groups is 1. The molecule has 0 radical (unpaired) electrons. The first-order valence-electron chi connectivity index (χ1n) is 9.35. The van der Waals surface area contributed by atoms with Crippen LogP contribution in [-0.2, 0) is 12.1 Å². The Labute approximate surface area is 153 Å². The van der Waals surface area contributed by atoms with Crippen LogP contribution in [0.15, 0.2) is 35.7 Å². The number of rotatable bonds is 4. The van der Waals surface area contributed by atoms with Crippen molar-refractivity contribution in [2.24, 2.45) is 5.92 Å². The molecule has 134 valence electrons. The van der Waals surface area contributed by atoms with Gasteiger partial charge in [-0.15, -0.1) is 11.3 Å². The van der Waals surface area contributed by atoms with Crippen molar-refractivity contribution >= 4 is 16.5 Å². The molecule has 4 nitrogen and oxygen atoms in total. The van der Waals surface area contributed by atoms with E-state index in [4.69, 9.17) is 0 Å². The molecular formula is C20H27N3OS. The van der Waals surface area contributed by atoms with Gasteiger partial charge in [-0.2, -0.15) is 0 Å². The van der Waals surface area contributed by atoms with E-state index in [0.717, 1.165) is 42.3 Å². The van der Waals surface area contributed by atoms with Gasteiger partial charge >= 0.3 is 0 Å². The first-order valence-corrected chi connectivity index (χ1v) is 10.2. The number of anilines is 1. The molecule has 2 heterocycles. The molecule has 5 heteroatoms. The van der Waals surface area contributed by atoms with Gasteiger partial charge in [0.05, 0.1) is 11.3 Å². The normalized spacial score (nSPS) is 30.0. The van der Waals surface area contributed by atoms with Crippen molar-refractivity contribution in [3.8, 4) is 0 Å². The summed E-state index contributed by atoms with van der Waals surface area (Å²) in [6.45, 7) is 1.82. The molecule has 1 aromatic heterocycles. The van der Waals surface area contributed by atoms with Gasteiger partial charge < -0.3 is 10.4 Å². The van der Waals surface area contributed by atoms with Crippen LogP contribution >= 0.6 is 11.3 Å². The Bertz CT molecular complexity index is 704. The monoisotopic (exact) mass is 357 g/mol. The number of thiazole rings is 1. The van der Waals surface area contributed by atoms with Crippen molar-refractivity contribution in [3.05, 3.63) is 47.0 Å². The summed E-state index contributed by atoms with van der Waals surface area (Å²) in [5, 5.41) is 17.9. The number of piperidine rings is 1. The second-order valence-electron chi connectivity index (χ2n) is 7.36. The van der Waals surface area contributed by atoms with Crippen molar-refractivity contribution in [2.75, 3.05) is 18.9 Å². The molecule has 0 bridgehead atoms. The van der Waals surface area contributed by atoms with Crippen molar-refractivity contribution in [2.45, 2.75) is 50.3 Å². The molecule has 1 aliphatic heterocycles. The highest BCUT2D eigenvalue weighted by atomic mass is 32.1. The fourth-order valence-electron chi connectivity index (χ4n) is 4.75. The molecule has 2 N–H and O–H groups in total. The SMILES string of the molecule is CNc1nc(CN2CC[C@](O)(c3ccccc3)[C@@H]3CCCC[C@H]32)cs1. The predicted molar refractivity (Wildman–Crippen MR) is 103 cm³/mol. The fourth-order valence-corrected chi connectivity index (χ4v) is 5.42. The molecule has 25 heavy (non-hydrogen) atoms. The summed E-state index contributed by atoms with van der Waals surface area (Å²) in [7, 11) is 1.92. The Balaban J connectivity index is 1.57. The highest BCUT2D eigenvalue weighted by Crippen LogP contribution is 2.47. The summed E-state index contributed by atoms with van der Waals surface area (Å²) in [5.41, 5.74) is 1.56. The van der Waals surface area contributed by atoms with Gasteiger partial charge in [0.25, 0.3) is 0 Å². The van der Waals surface area contributed by atoms with Crippen molar-refractivity contribution in [3.63, 3.8) is 0 Å². The zero-order valence-corrected chi connectivity index (χ0v) is 15.6. The smallest absolute Gasteiger partial charge is 0.182 e. The van der Waals surface area contributed by atoms with E-state index in [0.29, 0.717) is 12.0 Å². The lowest BCUT2D eigenvalue weighted by atomic mass is 9.66. The maximum Gasteiger partial charge on any atom is 0.182 e. The highest BCUT2D eigenvalue weighted by molar-refractivity contribution is 7.13. The topological polar surface area (TPSA) is 48.4 Å². The van der Waals surface area contributed by atoms with Crippen LogP contribution in [-0.4, -0.2) is 34.6 Å². The third kappa shape index (κ3) is 3.21. The summed E-state index contributed by atoms with van der Waals surface area (Å²) in [6, 6.07) is 10.8. The number of fused-ring (bicyclic) bond motifs is 1. The quantitative estimate of drug-likeness (QED) is 0.873. The Morgan fingerprint density at radius 3 is 2.84 bits per heavy atom. The molecular weight excluding hydrogens is 330 g/mol. The Hall–Kier alpha value is -1.43. The highest BCUT2D eigenvalue weighted by Gasteiger charge is 2.48. The average molecular weight is 358 g/mol. The van der Waals surface area contributed by atoms with Gasteiger partial charge in [0.15, 0.2) is 5.13 Å². The average Bonchev–Trinajstić information content (AvgIpc) is 3.13. The van der Waals surface area contributed by atoms with E-state index in [1.165, 1.54) is 19.3 Å². The van der Waals surface area contributed by atoms with Gasteiger partial charge in [-0.3, -0.25) is 4.90 Å². The summed E-state index contributed by atoms with van der Waals surface area (Å²) in [6.07, 6.45) is 5.60. The van der Waals surface area contributed by atoms with Crippen LogP contribution in [0.1, 0.15) is 43.4 Å². The maximum absolute atomic E-state index is 11.6. The number of nitrogens with zero attached hydrogens (tertiary/aromatic N) is 2. The van der Waals surface area contributed by atoms with Crippen LogP contribution in [0, 0.1) is 5.92 Å². The van der Waals surface area contributed by atoms with Gasteiger partial charge in [0, 0.05) is 37.5 Å². The van der Waals surface area contributed by atoms with Crippen LogP contribution in [0.25, 0.3) is 0 Å². The minimum atomic E-state index is -0.680. The summed E-state index contributed by atoms with van der Waals surface area (Å²) in [5.74, 6) is 0.319. The zero-order chi connectivity index (χ0) is 17.3. The lowest BCUT2D eigenvalue weighted by Crippen LogP contribution is -2.57. The Morgan fingerprint density at radius 1 is 1.28 bits per heavy atom. The van der Waals surface area contributed by atoms with Crippen LogP contribution in [0.4, 0.5) is 5.13 Å². The van der Waals surface area contributed by atoms with Gasteiger partial charge in [0.2, 0.25) is 0 Å². The van der Waals surface area contributed by atoms with Crippen LogP contribution < -0.4 is 5.32 Å². The molecule has 2 aliphatic rings. The van der Waals surface area contributed by atoms with Crippen molar-refractivity contribution < 1.29 is 5.11 Å². The number of nitrogens with one attached hydrogen (secondary N) is 1. The lowest BCUT2D eigenvalue weighted by molar-refractivity contribution is -0.123. The second kappa shape index (κ2) is 7.06. The molecule has 0 unspecified atom stereocenters. The molecule has 1 saturated heterocycles. The van der Waals surface area contributed by atoms with E-state index < -0.39 is 5.60 Å². The largest absolute Gasteiger partial charge is 0.385 e. The number of benzene rings is 1. The number of hydrogen-bond acceptors (Lipinski definition) is 5. The lowest BCUT2D eigenvalue weighted by Gasteiger charge is -2.52. The Morgan fingerprint density at radius 2 is 2.08 bits per heavy atom. The third-order valence-electron chi connectivity index (χ3n) is 6.00. The number of aromatic nitrogens is 1. The van der Waals surface area contributed by atoms with E-state index in [2.05, 4.69) is 32.7 Å². The van der Waals surface area contributed by atoms with Crippen LogP contribution in [0.2, 0.25) is 0 Å². The van der Waals surface area contributed by atoms with E-state index in [1.807, 2.05) is 25.2 Å². The van der Waals surface area contributed by atoms with E-state index in [9.17, 15) is 5.11 Å². The predicted octanol–water partition coefficient (Wildman–Crippen LogP) is 3.84. The fraction of sp³-hybridized carbons (Fsp3) is 0.550. The van der Waals surface area contributed by atoms with Crippen LogP contribution in [0.3, 0.4) is 0 Å². The third-order valence-corrected chi connectivity index (χ3v) is 6.91. The van der Waals surface area contributed by atoms with Crippen LogP contribution in [0.5, 0.6) is 0 Å². The molecule has 2 fully saturated rings. The van der Waals surface area contributed by atoms with E-state index in [-0.39, 0.29) is 0 Å². The summed E-state index contributed by atoms with van der Waals surface area (Å²) in [4.78, 5) is 7.22. The zero-order valence-electron chi connectivity index (χ0n) is 14.8. The van der Waals surface area contributed by atoms with Gasteiger partial charge in [-0.05, 0) is 24.8 Å². The standard InChI is InChI=1S/C20H27N3OS/c1-21-19-22-16(14-25-19)13-23-12-11-20(24,15-7-3-2-4-8-15)17-9-5-6-10-18(17)23/h2-4,7-8,14,17-18,24H,5-6,9-13H2,1H3,(H,21,22)/t17-,18-,20+/m1/s1. The molecule has 4 rings (SSSR count). The van der Waals surface area contributed by atoms with Gasteiger partial charge in [0.1, 0.15) is 0 Å². The number of hydrogen-bond donors (Lipinski definition) is 2. The summed E-state index contributed by atoms with van der Waals surface area (Å²) < 4.78 is 0. The second-order valence-corrected chi connectivity index (χ2v) is 8.22. The molecule has 1 saturated carbocycles. The molecule has 0 amide bonds. The van der Waals surface area contributed by atoms with Crippen molar-refractivity contribution in [1.82, 2.24) is 9.88 Å². The van der Waals surface area contributed by atoms with E-state index >= 15 is 0 Å². The first kappa shape index (κ1) is 17.0. The molecule has 1 aromatic carbocycles. The van der Waals surface area contributed by atoms with Crippen molar-refractivity contribution in [1.29, 1.82) is 0 Å². The molecule has 3 atom stereocenters. The maximum atomic E-state index is 11.6. The molecule has 1 aliphatic carbocycles. The Kier molecular flexibility index (Phi) is 4.80. The minimum absolute atomic E-state index is 0.319.